The summed E-state index contributed by atoms with van der Waals surface area (Å²) in [5.41, 5.74) is 2.24. The van der Waals surface area contributed by atoms with Gasteiger partial charge in [0.2, 0.25) is 0 Å². The molecule has 3 aliphatic heterocycles. The molecular formula is C23H38N4. The number of piperidine rings is 2. The summed E-state index contributed by atoms with van der Waals surface area (Å²) in [7, 11) is 0. The maximum absolute atomic E-state index is 4.61. The van der Waals surface area contributed by atoms with Crippen LogP contribution in [0.1, 0.15) is 52.0 Å². The molecular weight excluding hydrogens is 332 g/mol. The standard InChI is InChI=1S/C23H38N4/c1-19-5-6-21(24-15-19)26-11-7-20(8-12-26)16-25-13-9-23(10-14-25)17-27(18-23)22(2,3)4/h5-6,15,20H,7-14,16-18H2,1-4H3. The van der Waals surface area contributed by atoms with Gasteiger partial charge in [-0.25, -0.2) is 4.98 Å². The molecule has 27 heavy (non-hydrogen) atoms. The second-order valence-corrected chi connectivity index (χ2v) is 10.5. The molecule has 0 unspecified atom stereocenters. The number of anilines is 1. The lowest BCUT2D eigenvalue weighted by molar-refractivity contribution is -0.0913. The highest BCUT2D eigenvalue weighted by Gasteiger charge is 2.47. The molecule has 4 rings (SSSR count). The molecule has 1 aromatic rings. The lowest BCUT2D eigenvalue weighted by Crippen LogP contribution is -2.65. The van der Waals surface area contributed by atoms with E-state index in [1.165, 1.54) is 77.1 Å². The third-order valence-electron chi connectivity index (χ3n) is 7.27. The Hall–Kier alpha value is -1.13. The minimum Gasteiger partial charge on any atom is -0.357 e. The van der Waals surface area contributed by atoms with Crippen molar-refractivity contribution >= 4 is 5.82 Å². The predicted octanol–water partition coefficient (Wildman–Crippen LogP) is 3.80. The Morgan fingerprint density at radius 3 is 2.26 bits per heavy atom. The average Bonchev–Trinajstić information content (AvgIpc) is 2.61. The van der Waals surface area contributed by atoms with Gasteiger partial charge in [-0.1, -0.05) is 6.07 Å². The van der Waals surface area contributed by atoms with E-state index in [1.54, 1.807) is 0 Å². The van der Waals surface area contributed by atoms with Gasteiger partial charge < -0.3 is 9.80 Å². The molecule has 3 saturated heterocycles. The van der Waals surface area contributed by atoms with E-state index in [4.69, 9.17) is 0 Å². The summed E-state index contributed by atoms with van der Waals surface area (Å²) in [6, 6.07) is 4.36. The zero-order valence-corrected chi connectivity index (χ0v) is 17.9. The van der Waals surface area contributed by atoms with Gasteiger partial charge >= 0.3 is 0 Å². The molecule has 4 heteroatoms. The number of rotatable bonds is 3. The van der Waals surface area contributed by atoms with Crippen LogP contribution in [0.2, 0.25) is 0 Å². The van der Waals surface area contributed by atoms with E-state index in [0.717, 1.165) is 11.7 Å². The molecule has 0 N–H and O–H groups in total. The van der Waals surface area contributed by atoms with Crippen molar-refractivity contribution in [2.75, 3.05) is 50.7 Å². The van der Waals surface area contributed by atoms with Crippen LogP contribution in [-0.4, -0.2) is 66.1 Å². The first-order chi connectivity index (χ1) is 12.8. The molecule has 3 fully saturated rings. The average molecular weight is 371 g/mol. The van der Waals surface area contributed by atoms with E-state index in [0.29, 0.717) is 11.0 Å². The van der Waals surface area contributed by atoms with E-state index in [2.05, 4.69) is 59.5 Å². The van der Waals surface area contributed by atoms with Crippen LogP contribution >= 0.6 is 0 Å². The Balaban J connectivity index is 1.19. The number of hydrogen-bond acceptors (Lipinski definition) is 4. The van der Waals surface area contributed by atoms with Gasteiger partial charge in [-0.05, 0) is 89.4 Å². The Kier molecular flexibility index (Phi) is 5.24. The largest absolute Gasteiger partial charge is 0.357 e. The van der Waals surface area contributed by atoms with Gasteiger partial charge in [0.1, 0.15) is 5.82 Å². The van der Waals surface area contributed by atoms with Crippen LogP contribution in [0.3, 0.4) is 0 Å². The highest BCUT2D eigenvalue weighted by Crippen LogP contribution is 2.43. The quantitative estimate of drug-likeness (QED) is 0.807. The lowest BCUT2D eigenvalue weighted by Gasteiger charge is -2.58. The fourth-order valence-corrected chi connectivity index (χ4v) is 5.12. The van der Waals surface area contributed by atoms with Crippen molar-refractivity contribution in [3.8, 4) is 0 Å². The van der Waals surface area contributed by atoms with Gasteiger partial charge in [-0.2, -0.15) is 0 Å². The van der Waals surface area contributed by atoms with Gasteiger partial charge in [0.15, 0.2) is 0 Å². The molecule has 0 aromatic carbocycles. The van der Waals surface area contributed by atoms with Crippen molar-refractivity contribution in [3.63, 3.8) is 0 Å². The van der Waals surface area contributed by atoms with E-state index in [-0.39, 0.29) is 0 Å². The highest BCUT2D eigenvalue weighted by molar-refractivity contribution is 5.39. The first-order valence-electron chi connectivity index (χ1n) is 11.0. The lowest BCUT2D eigenvalue weighted by atomic mass is 9.70. The van der Waals surface area contributed by atoms with Crippen LogP contribution in [0.4, 0.5) is 5.82 Å². The Labute approximate surface area is 165 Å². The van der Waals surface area contributed by atoms with Gasteiger partial charge in [0.25, 0.3) is 0 Å². The van der Waals surface area contributed by atoms with Crippen LogP contribution in [-0.2, 0) is 0 Å². The molecule has 0 amide bonds. The van der Waals surface area contributed by atoms with Crippen molar-refractivity contribution in [1.82, 2.24) is 14.8 Å². The molecule has 1 spiro atoms. The van der Waals surface area contributed by atoms with Crippen molar-refractivity contribution in [3.05, 3.63) is 23.9 Å². The number of pyridine rings is 1. The molecule has 150 valence electrons. The third-order valence-corrected chi connectivity index (χ3v) is 7.27. The van der Waals surface area contributed by atoms with Crippen molar-refractivity contribution in [1.29, 1.82) is 0 Å². The van der Waals surface area contributed by atoms with Crippen LogP contribution < -0.4 is 4.90 Å². The van der Waals surface area contributed by atoms with Gasteiger partial charge in [0, 0.05) is 44.5 Å². The zero-order valence-electron chi connectivity index (χ0n) is 17.9. The van der Waals surface area contributed by atoms with E-state index in [1.807, 2.05) is 6.20 Å². The molecule has 4 nitrogen and oxygen atoms in total. The first-order valence-corrected chi connectivity index (χ1v) is 11.0. The first kappa shape index (κ1) is 19.2. The van der Waals surface area contributed by atoms with E-state index < -0.39 is 0 Å². The fraction of sp³-hybridized carbons (Fsp3) is 0.783. The van der Waals surface area contributed by atoms with Crippen LogP contribution in [0.5, 0.6) is 0 Å². The molecule has 0 atom stereocenters. The summed E-state index contributed by atoms with van der Waals surface area (Å²) in [5.74, 6) is 2.03. The fourth-order valence-electron chi connectivity index (χ4n) is 5.12. The van der Waals surface area contributed by atoms with Crippen LogP contribution in [0.15, 0.2) is 18.3 Å². The number of aryl methyl sites for hydroxylation is 1. The Bertz CT molecular complexity index is 609. The van der Waals surface area contributed by atoms with E-state index >= 15 is 0 Å². The SMILES string of the molecule is Cc1ccc(N2CCC(CN3CCC4(CC3)CN(C(C)(C)C)C4)CC2)nc1. The topological polar surface area (TPSA) is 22.6 Å². The second kappa shape index (κ2) is 7.36. The molecule has 0 radical (unpaired) electrons. The van der Waals surface area contributed by atoms with Crippen molar-refractivity contribution in [2.24, 2.45) is 11.3 Å². The summed E-state index contributed by atoms with van der Waals surface area (Å²) in [6.45, 7) is 18.1. The minimum atomic E-state index is 0.350. The summed E-state index contributed by atoms with van der Waals surface area (Å²) in [4.78, 5) is 12.5. The van der Waals surface area contributed by atoms with Crippen molar-refractivity contribution in [2.45, 2.75) is 58.9 Å². The van der Waals surface area contributed by atoms with E-state index in [9.17, 15) is 0 Å². The second-order valence-electron chi connectivity index (χ2n) is 10.5. The highest BCUT2D eigenvalue weighted by atomic mass is 15.3. The number of nitrogens with zero attached hydrogens (tertiary/aromatic N) is 4. The van der Waals surface area contributed by atoms with Crippen LogP contribution in [0.25, 0.3) is 0 Å². The molecule has 0 aliphatic carbocycles. The van der Waals surface area contributed by atoms with Gasteiger partial charge in [-0.15, -0.1) is 0 Å². The third kappa shape index (κ3) is 4.32. The summed E-state index contributed by atoms with van der Waals surface area (Å²) in [6.07, 6.45) is 7.44. The Morgan fingerprint density at radius 2 is 1.70 bits per heavy atom. The zero-order chi connectivity index (χ0) is 19.1. The maximum Gasteiger partial charge on any atom is 0.128 e. The molecule has 4 heterocycles. The number of aromatic nitrogens is 1. The summed E-state index contributed by atoms with van der Waals surface area (Å²) >= 11 is 0. The number of hydrogen-bond donors (Lipinski definition) is 0. The van der Waals surface area contributed by atoms with Crippen molar-refractivity contribution < 1.29 is 0 Å². The Morgan fingerprint density at radius 1 is 1.04 bits per heavy atom. The minimum absolute atomic E-state index is 0.350. The predicted molar refractivity (Wildman–Crippen MR) is 113 cm³/mol. The monoisotopic (exact) mass is 370 g/mol. The maximum atomic E-state index is 4.61. The molecule has 0 saturated carbocycles. The van der Waals surface area contributed by atoms with Gasteiger partial charge in [0.05, 0.1) is 0 Å². The molecule has 0 bridgehead atoms. The smallest absolute Gasteiger partial charge is 0.128 e. The van der Waals surface area contributed by atoms with Gasteiger partial charge in [-0.3, -0.25) is 4.90 Å². The normalized spacial score (nSPS) is 25.0. The summed E-state index contributed by atoms with van der Waals surface area (Å²) in [5, 5.41) is 0. The number of likely N-dealkylation sites (tertiary alicyclic amines) is 2. The van der Waals surface area contributed by atoms with Crippen LogP contribution in [0, 0.1) is 18.3 Å². The molecule has 1 aromatic heterocycles. The summed E-state index contributed by atoms with van der Waals surface area (Å²) < 4.78 is 0. The molecule has 3 aliphatic rings.